The molecule has 0 fully saturated rings. The molecule has 0 spiro atoms. The monoisotopic (exact) mass is 258 g/mol. The van der Waals surface area contributed by atoms with Crippen molar-refractivity contribution in [2.75, 3.05) is 0 Å². The van der Waals surface area contributed by atoms with Crippen LogP contribution in [0.3, 0.4) is 0 Å². The van der Waals surface area contributed by atoms with Crippen molar-refractivity contribution in [1.82, 2.24) is 9.97 Å². The van der Waals surface area contributed by atoms with E-state index in [0.717, 1.165) is 6.07 Å². The van der Waals surface area contributed by atoms with E-state index >= 15 is 0 Å². The molecule has 0 saturated carbocycles. The van der Waals surface area contributed by atoms with Gasteiger partial charge in [-0.3, -0.25) is 0 Å². The Balaban J connectivity index is 2.27. The van der Waals surface area contributed by atoms with E-state index in [1.54, 1.807) is 0 Å². The van der Waals surface area contributed by atoms with E-state index in [9.17, 15) is 4.39 Å². The highest BCUT2D eigenvalue weighted by Gasteiger charge is 2.05. The van der Waals surface area contributed by atoms with Crippen LogP contribution in [0.5, 0.6) is 11.6 Å². The van der Waals surface area contributed by atoms with Crippen molar-refractivity contribution >= 4 is 23.2 Å². The van der Waals surface area contributed by atoms with Crippen molar-refractivity contribution in [3.63, 3.8) is 0 Å². The summed E-state index contributed by atoms with van der Waals surface area (Å²) < 4.78 is 18.1. The topological polar surface area (TPSA) is 35.0 Å². The van der Waals surface area contributed by atoms with E-state index in [4.69, 9.17) is 27.9 Å². The molecule has 16 heavy (non-hydrogen) atoms. The average molecular weight is 259 g/mol. The SMILES string of the molecule is Fc1ccc(Oc2ccnc(Cl)n2)c(Cl)c1. The first kappa shape index (κ1) is 11.1. The van der Waals surface area contributed by atoms with Gasteiger partial charge in [0.15, 0.2) is 0 Å². The van der Waals surface area contributed by atoms with Gasteiger partial charge in [0.05, 0.1) is 5.02 Å². The summed E-state index contributed by atoms with van der Waals surface area (Å²) >= 11 is 11.4. The van der Waals surface area contributed by atoms with Crippen LogP contribution in [0.25, 0.3) is 0 Å². The van der Waals surface area contributed by atoms with Gasteiger partial charge in [0, 0.05) is 12.3 Å². The highest BCUT2D eigenvalue weighted by molar-refractivity contribution is 6.32. The molecule has 0 unspecified atom stereocenters. The molecular weight excluding hydrogens is 254 g/mol. The van der Waals surface area contributed by atoms with Gasteiger partial charge in [-0.2, -0.15) is 4.98 Å². The zero-order valence-electron chi connectivity index (χ0n) is 7.82. The molecule has 0 saturated heterocycles. The van der Waals surface area contributed by atoms with Crippen molar-refractivity contribution in [3.8, 4) is 11.6 Å². The van der Waals surface area contributed by atoms with Crippen LogP contribution < -0.4 is 4.74 Å². The van der Waals surface area contributed by atoms with Crippen LogP contribution in [0.2, 0.25) is 10.3 Å². The van der Waals surface area contributed by atoms with Crippen LogP contribution in [0.4, 0.5) is 4.39 Å². The van der Waals surface area contributed by atoms with Crippen LogP contribution in [-0.2, 0) is 0 Å². The predicted molar refractivity (Wildman–Crippen MR) is 58.5 cm³/mol. The molecule has 0 aliphatic heterocycles. The van der Waals surface area contributed by atoms with E-state index in [-0.39, 0.29) is 16.2 Å². The van der Waals surface area contributed by atoms with E-state index in [1.165, 1.54) is 24.4 Å². The number of nitrogens with zero attached hydrogens (tertiary/aromatic N) is 2. The first-order valence-electron chi connectivity index (χ1n) is 4.26. The van der Waals surface area contributed by atoms with E-state index in [0.29, 0.717) is 5.75 Å². The molecule has 3 nitrogen and oxygen atoms in total. The molecule has 2 rings (SSSR count). The maximum absolute atomic E-state index is 12.8. The second kappa shape index (κ2) is 4.63. The number of aromatic nitrogens is 2. The number of ether oxygens (including phenoxy) is 1. The Morgan fingerprint density at radius 3 is 2.69 bits per heavy atom. The summed E-state index contributed by atoms with van der Waals surface area (Å²) in [4.78, 5) is 7.51. The van der Waals surface area contributed by atoms with Gasteiger partial charge in [0.1, 0.15) is 11.6 Å². The average Bonchev–Trinajstić information content (AvgIpc) is 2.22. The maximum atomic E-state index is 12.8. The molecule has 82 valence electrons. The minimum absolute atomic E-state index is 0.0655. The summed E-state index contributed by atoms with van der Waals surface area (Å²) in [6.45, 7) is 0. The Hall–Kier alpha value is -1.39. The molecule has 1 aromatic heterocycles. The summed E-state index contributed by atoms with van der Waals surface area (Å²) in [7, 11) is 0. The van der Waals surface area contributed by atoms with Gasteiger partial charge < -0.3 is 4.74 Å². The molecule has 1 heterocycles. The third-order valence-corrected chi connectivity index (χ3v) is 2.19. The largest absolute Gasteiger partial charge is 0.437 e. The summed E-state index contributed by atoms with van der Waals surface area (Å²) in [5, 5.41) is 0.227. The highest BCUT2D eigenvalue weighted by Crippen LogP contribution is 2.28. The first-order chi connectivity index (χ1) is 7.65. The maximum Gasteiger partial charge on any atom is 0.225 e. The van der Waals surface area contributed by atoms with Crippen molar-refractivity contribution in [2.45, 2.75) is 0 Å². The van der Waals surface area contributed by atoms with Gasteiger partial charge >= 0.3 is 0 Å². The van der Waals surface area contributed by atoms with Gasteiger partial charge in [-0.15, -0.1) is 0 Å². The number of hydrogen-bond acceptors (Lipinski definition) is 3. The lowest BCUT2D eigenvalue weighted by molar-refractivity contribution is 0.460. The zero-order chi connectivity index (χ0) is 11.5. The van der Waals surface area contributed by atoms with Crippen LogP contribution in [-0.4, -0.2) is 9.97 Å². The normalized spacial score (nSPS) is 10.2. The summed E-state index contributed by atoms with van der Waals surface area (Å²) in [6.07, 6.45) is 1.45. The van der Waals surface area contributed by atoms with Gasteiger partial charge in [-0.1, -0.05) is 11.6 Å². The molecule has 0 aliphatic carbocycles. The second-order valence-corrected chi connectivity index (χ2v) is 3.59. The van der Waals surface area contributed by atoms with E-state index < -0.39 is 5.82 Å². The van der Waals surface area contributed by atoms with Crippen molar-refractivity contribution in [3.05, 3.63) is 46.6 Å². The molecule has 6 heteroatoms. The molecule has 1 aromatic carbocycles. The standard InChI is InChI=1S/C10H5Cl2FN2O/c11-7-5-6(13)1-2-8(7)16-9-3-4-14-10(12)15-9/h1-5H. The summed E-state index contributed by atoms with van der Waals surface area (Å²) in [5.41, 5.74) is 0. The van der Waals surface area contributed by atoms with Crippen LogP contribution in [0.1, 0.15) is 0 Å². The lowest BCUT2D eigenvalue weighted by Gasteiger charge is -2.05. The molecule has 0 amide bonds. The first-order valence-corrected chi connectivity index (χ1v) is 5.02. The van der Waals surface area contributed by atoms with Crippen molar-refractivity contribution in [1.29, 1.82) is 0 Å². The Labute approximate surface area is 101 Å². The Kier molecular flexibility index (Phi) is 3.22. The lowest BCUT2D eigenvalue weighted by Crippen LogP contribution is -1.90. The number of rotatable bonds is 2. The fourth-order valence-corrected chi connectivity index (χ4v) is 1.39. The highest BCUT2D eigenvalue weighted by atomic mass is 35.5. The lowest BCUT2D eigenvalue weighted by atomic mass is 10.3. The molecule has 0 N–H and O–H groups in total. The molecule has 0 bridgehead atoms. The third kappa shape index (κ3) is 2.59. The second-order valence-electron chi connectivity index (χ2n) is 2.84. The van der Waals surface area contributed by atoms with Gasteiger partial charge in [-0.25, -0.2) is 9.37 Å². The Morgan fingerprint density at radius 2 is 2.00 bits per heavy atom. The van der Waals surface area contributed by atoms with Crippen LogP contribution >= 0.6 is 23.2 Å². The fraction of sp³-hybridized carbons (Fsp3) is 0. The van der Waals surface area contributed by atoms with Crippen molar-refractivity contribution in [2.24, 2.45) is 0 Å². The van der Waals surface area contributed by atoms with Gasteiger partial charge in [-0.05, 0) is 29.8 Å². The van der Waals surface area contributed by atoms with Crippen LogP contribution in [0, 0.1) is 5.82 Å². The van der Waals surface area contributed by atoms with Gasteiger partial charge in [0.25, 0.3) is 0 Å². The Morgan fingerprint density at radius 1 is 1.19 bits per heavy atom. The molecule has 2 aromatic rings. The molecule has 0 radical (unpaired) electrons. The molecule has 0 atom stereocenters. The third-order valence-electron chi connectivity index (χ3n) is 1.71. The Bertz CT molecular complexity index is 522. The smallest absolute Gasteiger partial charge is 0.225 e. The van der Waals surface area contributed by atoms with E-state index in [2.05, 4.69) is 9.97 Å². The van der Waals surface area contributed by atoms with E-state index in [1.807, 2.05) is 0 Å². The summed E-state index contributed by atoms with van der Waals surface area (Å²) in [6, 6.07) is 5.32. The van der Waals surface area contributed by atoms with Crippen LogP contribution in [0.15, 0.2) is 30.5 Å². The van der Waals surface area contributed by atoms with Crippen molar-refractivity contribution < 1.29 is 9.13 Å². The molecule has 0 aliphatic rings. The number of hydrogen-bond donors (Lipinski definition) is 0. The fourth-order valence-electron chi connectivity index (χ4n) is 1.05. The minimum Gasteiger partial charge on any atom is -0.437 e. The zero-order valence-corrected chi connectivity index (χ0v) is 9.34. The minimum atomic E-state index is -0.432. The predicted octanol–water partition coefficient (Wildman–Crippen LogP) is 3.71. The van der Waals surface area contributed by atoms with Gasteiger partial charge in [0.2, 0.25) is 11.2 Å². The number of benzene rings is 1. The molecular formula is C10H5Cl2FN2O. The quantitative estimate of drug-likeness (QED) is 0.771. The summed E-state index contributed by atoms with van der Waals surface area (Å²) in [5.74, 6) is 0.115. The number of halogens is 3.